The molecule has 0 aromatic rings. The van der Waals surface area contributed by atoms with E-state index < -0.39 is 0 Å². The fraction of sp³-hybridized carbons (Fsp3) is 0.923. The molecular weight excluding hydrogens is 200 g/mol. The molecule has 0 bridgehead atoms. The number of nitrogens with one attached hydrogen (secondary N) is 1. The summed E-state index contributed by atoms with van der Waals surface area (Å²) in [5.41, 5.74) is 0. The maximum Gasteiger partial charge on any atom is 0.225 e. The van der Waals surface area contributed by atoms with E-state index in [0.29, 0.717) is 11.8 Å². The van der Waals surface area contributed by atoms with Gasteiger partial charge in [0.1, 0.15) is 0 Å². The predicted octanol–water partition coefficient (Wildman–Crippen LogP) is 1.10. The van der Waals surface area contributed by atoms with Gasteiger partial charge in [-0.05, 0) is 43.7 Å². The number of likely N-dealkylation sites (tertiary alicyclic amines) is 1. The standard InChI is InChI=1S/C13H22N2O/c1-9(12-5-14-6-12)13(16)15-7-10-3-2-4-11(10)8-15/h9-12,14H,2-8H2,1H3. The summed E-state index contributed by atoms with van der Waals surface area (Å²) in [6.07, 6.45) is 4.10. The number of hydrogen-bond donors (Lipinski definition) is 1. The largest absolute Gasteiger partial charge is 0.342 e. The summed E-state index contributed by atoms with van der Waals surface area (Å²) >= 11 is 0. The quantitative estimate of drug-likeness (QED) is 0.759. The van der Waals surface area contributed by atoms with Crippen molar-refractivity contribution in [1.29, 1.82) is 0 Å². The lowest BCUT2D eigenvalue weighted by Crippen LogP contribution is -2.50. The van der Waals surface area contributed by atoms with Gasteiger partial charge in [-0.2, -0.15) is 0 Å². The van der Waals surface area contributed by atoms with Crippen LogP contribution in [0, 0.1) is 23.7 Å². The van der Waals surface area contributed by atoms with Gasteiger partial charge in [-0.1, -0.05) is 13.3 Å². The molecule has 3 aliphatic rings. The minimum absolute atomic E-state index is 0.236. The smallest absolute Gasteiger partial charge is 0.225 e. The van der Waals surface area contributed by atoms with Crippen molar-refractivity contribution in [2.75, 3.05) is 26.2 Å². The molecule has 2 aliphatic heterocycles. The van der Waals surface area contributed by atoms with Crippen molar-refractivity contribution in [2.45, 2.75) is 26.2 Å². The molecule has 16 heavy (non-hydrogen) atoms. The highest BCUT2D eigenvalue weighted by Crippen LogP contribution is 2.38. The van der Waals surface area contributed by atoms with Crippen LogP contribution in [0.15, 0.2) is 0 Å². The molecule has 0 aromatic heterocycles. The number of nitrogens with zero attached hydrogens (tertiary/aromatic N) is 1. The van der Waals surface area contributed by atoms with Crippen LogP contribution >= 0.6 is 0 Å². The second-order valence-electron chi connectivity index (χ2n) is 5.90. The summed E-state index contributed by atoms with van der Waals surface area (Å²) in [4.78, 5) is 14.5. The van der Waals surface area contributed by atoms with Crippen molar-refractivity contribution in [3.8, 4) is 0 Å². The third-order valence-corrected chi connectivity index (χ3v) is 4.95. The number of amides is 1. The molecule has 90 valence electrons. The second kappa shape index (κ2) is 4.02. The molecule has 1 amide bonds. The van der Waals surface area contributed by atoms with Crippen LogP contribution in [0.25, 0.3) is 0 Å². The third kappa shape index (κ3) is 1.65. The molecule has 1 aliphatic carbocycles. The van der Waals surface area contributed by atoms with Crippen molar-refractivity contribution >= 4 is 5.91 Å². The summed E-state index contributed by atoms with van der Waals surface area (Å²) in [5.74, 6) is 2.90. The van der Waals surface area contributed by atoms with Crippen LogP contribution in [0.1, 0.15) is 26.2 Å². The third-order valence-electron chi connectivity index (χ3n) is 4.95. The fourth-order valence-corrected chi connectivity index (χ4v) is 3.57. The Morgan fingerprint density at radius 1 is 1.25 bits per heavy atom. The average Bonchev–Trinajstić information content (AvgIpc) is 2.72. The van der Waals surface area contributed by atoms with Crippen molar-refractivity contribution in [2.24, 2.45) is 23.7 Å². The van der Waals surface area contributed by atoms with Gasteiger partial charge < -0.3 is 10.2 Å². The highest BCUT2D eigenvalue weighted by atomic mass is 16.2. The maximum absolute atomic E-state index is 12.3. The lowest BCUT2D eigenvalue weighted by atomic mass is 9.88. The molecule has 1 saturated carbocycles. The average molecular weight is 222 g/mol. The van der Waals surface area contributed by atoms with Gasteiger partial charge in [0.05, 0.1) is 0 Å². The van der Waals surface area contributed by atoms with Gasteiger partial charge in [-0.3, -0.25) is 4.79 Å². The van der Waals surface area contributed by atoms with Crippen molar-refractivity contribution in [3.63, 3.8) is 0 Å². The van der Waals surface area contributed by atoms with Gasteiger partial charge in [0.2, 0.25) is 5.91 Å². The molecule has 3 nitrogen and oxygen atoms in total. The van der Waals surface area contributed by atoms with Gasteiger partial charge in [-0.25, -0.2) is 0 Å². The Labute approximate surface area is 97.6 Å². The molecule has 1 N–H and O–H groups in total. The zero-order valence-corrected chi connectivity index (χ0v) is 10.1. The number of rotatable bonds is 2. The Kier molecular flexibility index (Phi) is 2.66. The first-order valence-electron chi connectivity index (χ1n) is 6.75. The van der Waals surface area contributed by atoms with Gasteiger partial charge in [0.15, 0.2) is 0 Å². The molecule has 3 rings (SSSR count). The first kappa shape index (κ1) is 10.6. The van der Waals surface area contributed by atoms with Crippen molar-refractivity contribution in [1.82, 2.24) is 10.2 Å². The molecule has 3 unspecified atom stereocenters. The van der Waals surface area contributed by atoms with E-state index in [1.807, 2.05) is 0 Å². The Morgan fingerprint density at radius 2 is 1.88 bits per heavy atom. The van der Waals surface area contributed by atoms with Crippen molar-refractivity contribution < 1.29 is 4.79 Å². The summed E-state index contributed by atoms with van der Waals surface area (Å²) in [5, 5.41) is 3.26. The van der Waals surface area contributed by atoms with E-state index in [0.717, 1.165) is 38.0 Å². The molecule has 3 atom stereocenters. The Bertz CT molecular complexity index is 276. The lowest BCUT2D eigenvalue weighted by Gasteiger charge is -2.34. The first-order chi connectivity index (χ1) is 7.75. The number of fused-ring (bicyclic) bond motifs is 1. The van der Waals surface area contributed by atoms with E-state index in [4.69, 9.17) is 0 Å². The van der Waals surface area contributed by atoms with Crippen LogP contribution in [0.4, 0.5) is 0 Å². The van der Waals surface area contributed by atoms with Crippen molar-refractivity contribution in [3.05, 3.63) is 0 Å². The molecule has 0 radical (unpaired) electrons. The molecular formula is C13H22N2O. The van der Waals surface area contributed by atoms with E-state index in [1.165, 1.54) is 19.3 Å². The normalized spacial score (nSPS) is 35.9. The highest BCUT2D eigenvalue weighted by molar-refractivity contribution is 5.79. The molecule has 0 aromatic carbocycles. The SMILES string of the molecule is CC(C(=O)N1CC2CCCC2C1)C1CNC1. The van der Waals surface area contributed by atoms with Crippen LogP contribution in [0.3, 0.4) is 0 Å². The zero-order valence-electron chi connectivity index (χ0n) is 10.1. The molecule has 0 spiro atoms. The zero-order chi connectivity index (χ0) is 11.1. The van der Waals surface area contributed by atoms with Gasteiger partial charge in [0.25, 0.3) is 0 Å². The minimum Gasteiger partial charge on any atom is -0.342 e. The van der Waals surface area contributed by atoms with Crippen LogP contribution in [0.5, 0.6) is 0 Å². The number of hydrogen-bond acceptors (Lipinski definition) is 2. The molecule has 2 heterocycles. The topological polar surface area (TPSA) is 32.3 Å². The fourth-order valence-electron chi connectivity index (χ4n) is 3.57. The van der Waals surface area contributed by atoms with E-state index in [2.05, 4.69) is 17.1 Å². The lowest BCUT2D eigenvalue weighted by molar-refractivity contribution is -0.136. The predicted molar refractivity (Wildman–Crippen MR) is 62.9 cm³/mol. The summed E-state index contributed by atoms with van der Waals surface area (Å²) in [6.45, 7) is 6.28. The minimum atomic E-state index is 0.236. The summed E-state index contributed by atoms with van der Waals surface area (Å²) in [6, 6.07) is 0. The van der Waals surface area contributed by atoms with E-state index in [1.54, 1.807) is 0 Å². The number of carbonyl (C=O) groups excluding carboxylic acids is 1. The van der Waals surface area contributed by atoms with Gasteiger partial charge >= 0.3 is 0 Å². The molecule has 2 saturated heterocycles. The van der Waals surface area contributed by atoms with Gasteiger partial charge in [-0.15, -0.1) is 0 Å². The van der Waals surface area contributed by atoms with Crippen LogP contribution in [-0.2, 0) is 4.79 Å². The Morgan fingerprint density at radius 3 is 2.38 bits per heavy atom. The van der Waals surface area contributed by atoms with Gasteiger partial charge in [0, 0.05) is 19.0 Å². The monoisotopic (exact) mass is 222 g/mol. The van der Waals surface area contributed by atoms with E-state index >= 15 is 0 Å². The summed E-state index contributed by atoms with van der Waals surface area (Å²) in [7, 11) is 0. The summed E-state index contributed by atoms with van der Waals surface area (Å²) < 4.78 is 0. The Hall–Kier alpha value is -0.570. The maximum atomic E-state index is 12.3. The van der Waals surface area contributed by atoms with Crippen LogP contribution in [0.2, 0.25) is 0 Å². The highest BCUT2D eigenvalue weighted by Gasteiger charge is 2.40. The van der Waals surface area contributed by atoms with Crippen LogP contribution < -0.4 is 5.32 Å². The first-order valence-corrected chi connectivity index (χ1v) is 6.75. The molecule has 3 fully saturated rings. The molecule has 3 heteroatoms. The second-order valence-corrected chi connectivity index (χ2v) is 5.90. The van der Waals surface area contributed by atoms with Crippen LogP contribution in [-0.4, -0.2) is 37.0 Å². The number of carbonyl (C=O) groups is 1. The Balaban J connectivity index is 1.59. The van der Waals surface area contributed by atoms with E-state index in [-0.39, 0.29) is 5.92 Å². The van der Waals surface area contributed by atoms with E-state index in [9.17, 15) is 4.79 Å².